The summed E-state index contributed by atoms with van der Waals surface area (Å²) < 4.78 is 22.1. The maximum Gasteiger partial charge on any atom is 0.231 e. The van der Waals surface area contributed by atoms with Crippen LogP contribution in [0.2, 0.25) is 0 Å². The lowest BCUT2D eigenvalue weighted by Gasteiger charge is -2.21. The van der Waals surface area contributed by atoms with Gasteiger partial charge in [-0.15, -0.1) is 24.0 Å². The summed E-state index contributed by atoms with van der Waals surface area (Å²) in [6.45, 7) is 9.38. The van der Waals surface area contributed by atoms with Gasteiger partial charge in [0, 0.05) is 26.3 Å². The predicted octanol–water partition coefficient (Wildman–Crippen LogP) is 3.03. The lowest BCUT2D eigenvalue weighted by atomic mass is 10.0. The molecule has 1 heterocycles. The first-order chi connectivity index (χ1) is 12.6. The molecule has 2 N–H and O–H groups in total. The first-order valence-electron chi connectivity index (χ1n) is 9.22. The first-order valence-corrected chi connectivity index (χ1v) is 9.22. The van der Waals surface area contributed by atoms with Gasteiger partial charge < -0.3 is 29.6 Å². The lowest BCUT2D eigenvalue weighted by molar-refractivity contribution is 0.0258. The molecule has 0 bridgehead atoms. The van der Waals surface area contributed by atoms with Crippen LogP contribution >= 0.6 is 24.0 Å². The number of hydrogen-bond acceptors (Lipinski definition) is 5. The number of halogens is 1. The molecule has 8 heteroatoms. The number of rotatable bonds is 10. The molecule has 1 aliphatic heterocycles. The second-order valence-electron chi connectivity index (χ2n) is 6.32. The van der Waals surface area contributed by atoms with E-state index < -0.39 is 0 Å². The Labute approximate surface area is 179 Å². The highest BCUT2D eigenvalue weighted by atomic mass is 127. The van der Waals surface area contributed by atoms with Gasteiger partial charge in [-0.2, -0.15) is 0 Å². The molecular weight excluding hydrogens is 461 g/mol. The molecule has 0 saturated carbocycles. The minimum Gasteiger partial charge on any atom is -0.492 e. The molecule has 154 valence electrons. The van der Waals surface area contributed by atoms with Crippen LogP contribution in [0.15, 0.2) is 23.2 Å². The quantitative estimate of drug-likeness (QED) is 0.226. The van der Waals surface area contributed by atoms with E-state index >= 15 is 0 Å². The molecule has 0 aromatic heterocycles. The number of nitrogens with zero attached hydrogens (tertiary/aromatic N) is 1. The SMILES string of the molecule is CCOC(CCNC(=NC)NCCOc1ccc2c(c1)OCO2)C(C)C.I. The van der Waals surface area contributed by atoms with E-state index in [4.69, 9.17) is 18.9 Å². The van der Waals surface area contributed by atoms with Gasteiger partial charge in [-0.25, -0.2) is 0 Å². The Morgan fingerprint density at radius 2 is 1.93 bits per heavy atom. The van der Waals surface area contributed by atoms with Crippen molar-refractivity contribution in [2.75, 3.05) is 40.1 Å². The van der Waals surface area contributed by atoms with Crippen LogP contribution in [0.1, 0.15) is 27.2 Å². The lowest BCUT2D eigenvalue weighted by Crippen LogP contribution is -2.40. The number of fused-ring (bicyclic) bond motifs is 1. The maximum atomic E-state index is 5.76. The number of aliphatic imine (C=N–C) groups is 1. The van der Waals surface area contributed by atoms with Gasteiger partial charge in [0.2, 0.25) is 6.79 Å². The van der Waals surface area contributed by atoms with E-state index in [2.05, 4.69) is 29.5 Å². The predicted molar refractivity (Wildman–Crippen MR) is 118 cm³/mol. The van der Waals surface area contributed by atoms with Gasteiger partial charge in [0.1, 0.15) is 12.4 Å². The highest BCUT2D eigenvalue weighted by molar-refractivity contribution is 14.0. The summed E-state index contributed by atoms with van der Waals surface area (Å²) in [5.41, 5.74) is 0. The smallest absolute Gasteiger partial charge is 0.231 e. The molecule has 0 amide bonds. The molecule has 0 saturated heterocycles. The average molecular weight is 493 g/mol. The molecule has 0 radical (unpaired) electrons. The number of nitrogens with one attached hydrogen (secondary N) is 2. The summed E-state index contributed by atoms with van der Waals surface area (Å²) in [5.74, 6) is 3.50. The molecule has 1 aromatic rings. The van der Waals surface area contributed by atoms with Crippen molar-refractivity contribution in [3.8, 4) is 17.2 Å². The molecule has 0 aliphatic carbocycles. The van der Waals surface area contributed by atoms with E-state index in [-0.39, 0.29) is 36.9 Å². The van der Waals surface area contributed by atoms with Crippen molar-refractivity contribution in [3.05, 3.63) is 18.2 Å². The zero-order chi connectivity index (χ0) is 18.8. The Hall–Kier alpha value is -1.42. The fraction of sp³-hybridized carbons (Fsp3) is 0.632. The zero-order valence-electron chi connectivity index (χ0n) is 16.6. The summed E-state index contributed by atoms with van der Waals surface area (Å²) in [7, 11) is 1.76. The molecule has 0 spiro atoms. The topological polar surface area (TPSA) is 73.3 Å². The number of hydrogen-bond donors (Lipinski definition) is 2. The second-order valence-corrected chi connectivity index (χ2v) is 6.32. The maximum absolute atomic E-state index is 5.76. The van der Waals surface area contributed by atoms with Crippen molar-refractivity contribution < 1.29 is 18.9 Å². The third kappa shape index (κ3) is 8.00. The molecule has 1 unspecified atom stereocenters. The average Bonchev–Trinajstić information content (AvgIpc) is 3.10. The van der Waals surface area contributed by atoms with Crippen molar-refractivity contribution in [2.24, 2.45) is 10.9 Å². The minimum absolute atomic E-state index is 0. The molecule has 1 atom stereocenters. The summed E-state index contributed by atoms with van der Waals surface area (Å²) in [6, 6.07) is 5.57. The molecule has 27 heavy (non-hydrogen) atoms. The van der Waals surface area contributed by atoms with Gasteiger partial charge in [0.25, 0.3) is 0 Å². The van der Waals surface area contributed by atoms with Crippen LogP contribution in [0, 0.1) is 5.92 Å². The highest BCUT2D eigenvalue weighted by Crippen LogP contribution is 2.34. The van der Waals surface area contributed by atoms with Crippen molar-refractivity contribution >= 4 is 29.9 Å². The van der Waals surface area contributed by atoms with Crippen LogP contribution < -0.4 is 24.8 Å². The van der Waals surface area contributed by atoms with E-state index in [1.807, 2.05) is 25.1 Å². The zero-order valence-corrected chi connectivity index (χ0v) is 18.9. The van der Waals surface area contributed by atoms with Crippen LogP contribution in [0.5, 0.6) is 17.2 Å². The van der Waals surface area contributed by atoms with Crippen LogP contribution in [-0.2, 0) is 4.74 Å². The molecule has 1 aliphatic rings. The van der Waals surface area contributed by atoms with E-state index in [0.717, 1.165) is 42.8 Å². The fourth-order valence-corrected chi connectivity index (χ4v) is 2.68. The fourth-order valence-electron chi connectivity index (χ4n) is 2.68. The van der Waals surface area contributed by atoms with Crippen LogP contribution in [-0.4, -0.2) is 52.2 Å². The van der Waals surface area contributed by atoms with Crippen LogP contribution in [0.3, 0.4) is 0 Å². The molecule has 0 fully saturated rings. The number of benzene rings is 1. The molecule has 1 aromatic carbocycles. The van der Waals surface area contributed by atoms with Crippen molar-refractivity contribution in [1.82, 2.24) is 10.6 Å². The van der Waals surface area contributed by atoms with E-state index in [9.17, 15) is 0 Å². The number of ether oxygens (including phenoxy) is 4. The summed E-state index contributed by atoms with van der Waals surface area (Å²) in [6.07, 6.45) is 1.21. The van der Waals surface area contributed by atoms with E-state index in [1.165, 1.54) is 0 Å². The molecular formula is C19H32IN3O4. The third-order valence-electron chi connectivity index (χ3n) is 4.08. The van der Waals surface area contributed by atoms with Gasteiger partial charge in [-0.1, -0.05) is 13.8 Å². The summed E-state index contributed by atoms with van der Waals surface area (Å²) >= 11 is 0. The summed E-state index contributed by atoms with van der Waals surface area (Å²) in [5, 5.41) is 6.56. The van der Waals surface area contributed by atoms with Crippen molar-refractivity contribution in [1.29, 1.82) is 0 Å². The van der Waals surface area contributed by atoms with Crippen molar-refractivity contribution in [2.45, 2.75) is 33.3 Å². The normalized spacial score (nSPS) is 13.9. The second kappa shape index (κ2) is 12.9. The number of guanidine groups is 1. The van der Waals surface area contributed by atoms with Gasteiger partial charge in [0.05, 0.1) is 12.6 Å². The van der Waals surface area contributed by atoms with Crippen LogP contribution in [0.4, 0.5) is 0 Å². The Kier molecular flexibility index (Phi) is 11.3. The Bertz CT molecular complexity index is 584. The Balaban J connectivity index is 0.00000364. The molecule has 7 nitrogen and oxygen atoms in total. The highest BCUT2D eigenvalue weighted by Gasteiger charge is 2.14. The monoisotopic (exact) mass is 493 g/mol. The molecule has 2 rings (SSSR count). The van der Waals surface area contributed by atoms with Gasteiger partial charge in [0.15, 0.2) is 17.5 Å². The van der Waals surface area contributed by atoms with Gasteiger partial charge >= 0.3 is 0 Å². The standard InChI is InChI=1S/C19H31N3O4.HI/c1-5-23-16(14(2)3)8-9-21-19(20-4)22-10-11-24-15-6-7-17-18(12-15)26-13-25-17;/h6-7,12,14,16H,5,8-11,13H2,1-4H3,(H2,20,21,22);1H. The Morgan fingerprint density at radius 3 is 2.63 bits per heavy atom. The largest absolute Gasteiger partial charge is 0.492 e. The summed E-state index contributed by atoms with van der Waals surface area (Å²) in [4.78, 5) is 4.23. The van der Waals surface area contributed by atoms with E-state index in [1.54, 1.807) is 7.05 Å². The Morgan fingerprint density at radius 1 is 1.19 bits per heavy atom. The first kappa shape index (κ1) is 23.6. The van der Waals surface area contributed by atoms with Crippen LogP contribution in [0.25, 0.3) is 0 Å². The van der Waals surface area contributed by atoms with Crippen molar-refractivity contribution in [3.63, 3.8) is 0 Å². The van der Waals surface area contributed by atoms with Gasteiger partial charge in [-0.3, -0.25) is 4.99 Å². The van der Waals surface area contributed by atoms with Gasteiger partial charge in [-0.05, 0) is 31.4 Å². The van der Waals surface area contributed by atoms with E-state index in [0.29, 0.717) is 19.1 Å². The third-order valence-corrected chi connectivity index (χ3v) is 4.08. The minimum atomic E-state index is 0.